The molecule has 3 fully saturated rings. The number of rotatable bonds is 3. The van der Waals surface area contributed by atoms with Crippen LogP contribution in [0.15, 0.2) is 23.8 Å². The van der Waals surface area contributed by atoms with E-state index in [1.54, 1.807) is 5.57 Å². The zero-order valence-electron chi connectivity index (χ0n) is 21.2. The molecule has 0 aliphatic heterocycles. The van der Waals surface area contributed by atoms with Gasteiger partial charge in [0.05, 0.1) is 0 Å². The maximum atomic E-state index is 6.89. The standard InChI is InChI=1S/C28H48OSi/c1-19(2)23-12-13-24-22-11-10-20-18-21(29-30(8,9)26(3,4)5)14-16-27(20,6)25(22)15-17-28(23,24)7/h10,21-25H,1,11-18H2,2-9H3/t21?,22-,23+,24-,25-,27-,28+/m0/s1. The molecule has 0 bridgehead atoms. The minimum absolute atomic E-state index is 0.302. The molecule has 7 atom stereocenters. The Balaban J connectivity index is 1.53. The second-order valence-corrected chi connectivity index (χ2v) is 18.3. The van der Waals surface area contributed by atoms with Crippen molar-refractivity contribution in [2.45, 2.75) is 117 Å². The van der Waals surface area contributed by atoms with Gasteiger partial charge in [0.2, 0.25) is 0 Å². The monoisotopic (exact) mass is 428 g/mol. The first-order valence-corrected chi connectivity index (χ1v) is 15.7. The Labute approximate surface area is 188 Å². The van der Waals surface area contributed by atoms with Crippen LogP contribution in [0.2, 0.25) is 18.1 Å². The van der Waals surface area contributed by atoms with E-state index in [2.05, 4.69) is 67.3 Å². The summed E-state index contributed by atoms with van der Waals surface area (Å²) < 4.78 is 6.89. The summed E-state index contributed by atoms with van der Waals surface area (Å²) in [6, 6.07) is 0. The van der Waals surface area contributed by atoms with Gasteiger partial charge in [-0.2, -0.15) is 0 Å². The topological polar surface area (TPSA) is 9.23 Å². The van der Waals surface area contributed by atoms with Crippen molar-refractivity contribution < 1.29 is 4.43 Å². The lowest BCUT2D eigenvalue weighted by Crippen LogP contribution is -2.51. The van der Waals surface area contributed by atoms with Crippen LogP contribution < -0.4 is 0 Å². The maximum absolute atomic E-state index is 6.89. The molecule has 0 amide bonds. The third-order valence-corrected chi connectivity index (χ3v) is 15.5. The molecule has 3 saturated carbocycles. The van der Waals surface area contributed by atoms with Gasteiger partial charge >= 0.3 is 0 Å². The van der Waals surface area contributed by atoms with Crippen molar-refractivity contribution in [3.8, 4) is 0 Å². The van der Waals surface area contributed by atoms with E-state index < -0.39 is 8.32 Å². The van der Waals surface area contributed by atoms with Crippen molar-refractivity contribution in [3.05, 3.63) is 23.8 Å². The van der Waals surface area contributed by atoms with Crippen LogP contribution in [0.5, 0.6) is 0 Å². The average Bonchev–Trinajstić information content (AvgIpc) is 2.98. The first-order valence-electron chi connectivity index (χ1n) is 12.8. The predicted octanol–water partition coefficient (Wildman–Crippen LogP) is 8.53. The quantitative estimate of drug-likeness (QED) is 0.323. The first-order chi connectivity index (χ1) is 13.8. The minimum atomic E-state index is -1.69. The molecule has 2 heteroatoms. The Morgan fingerprint density at radius 3 is 2.40 bits per heavy atom. The van der Waals surface area contributed by atoms with Crippen molar-refractivity contribution in [1.29, 1.82) is 0 Å². The Morgan fingerprint density at radius 1 is 1.07 bits per heavy atom. The molecule has 0 spiro atoms. The second-order valence-electron chi connectivity index (χ2n) is 13.5. The Bertz CT molecular complexity index is 727. The van der Waals surface area contributed by atoms with Crippen molar-refractivity contribution in [1.82, 2.24) is 0 Å². The summed E-state index contributed by atoms with van der Waals surface area (Å²) >= 11 is 0. The van der Waals surface area contributed by atoms with E-state index in [1.807, 2.05) is 0 Å². The van der Waals surface area contributed by atoms with Crippen molar-refractivity contribution in [2.75, 3.05) is 0 Å². The van der Waals surface area contributed by atoms with Crippen molar-refractivity contribution >= 4 is 8.32 Å². The van der Waals surface area contributed by atoms with E-state index in [-0.39, 0.29) is 0 Å². The summed E-state index contributed by atoms with van der Waals surface area (Å²) in [5, 5.41) is 0.302. The van der Waals surface area contributed by atoms with Crippen LogP contribution in [-0.2, 0) is 4.43 Å². The molecule has 0 heterocycles. The average molecular weight is 429 g/mol. The largest absolute Gasteiger partial charge is 0.414 e. The number of fused-ring (bicyclic) bond motifs is 5. The van der Waals surface area contributed by atoms with Crippen LogP contribution in [0.3, 0.4) is 0 Å². The van der Waals surface area contributed by atoms with Gasteiger partial charge in [-0.05, 0) is 111 Å². The van der Waals surface area contributed by atoms with E-state index in [4.69, 9.17) is 4.43 Å². The highest BCUT2D eigenvalue weighted by atomic mass is 28.4. The predicted molar refractivity (Wildman–Crippen MR) is 132 cm³/mol. The molecule has 0 saturated heterocycles. The molecule has 0 aromatic rings. The molecular weight excluding hydrogens is 380 g/mol. The number of hydrogen-bond acceptors (Lipinski definition) is 1. The smallest absolute Gasteiger partial charge is 0.192 e. The lowest BCUT2D eigenvalue weighted by molar-refractivity contribution is -0.0443. The molecule has 30 heavy (non-hydrogen) atoms. The third-order valence-electron chi connectivity index (χ3n) is 10.9. The molecule has 0 radical (unpaired) electrons. The van der Waals surface area contributed by atoms with Gasteiger partial charge in [0.1, 0.15) is 0 Å². The summed E-state index contributed by atoms with van der Waals surface area (Å²) in [6.45, 7) is 23.9. The molecule has 0 aromatic heterocycles. The lowest BCUT2D eigenvalue weighted by Gasteiger charge is -2.58. The Morgan fingerprint density at radius 2 is 1.77 bits per heavy atom. The zero-order chi connectivity index (χ0) is 22.1. The fraction of sp³-hybridized carbons (Fsp3) is 0.857. The Hall–Kier alpha value is -0.343. The highest BCUT2D eigenvalue weighted by molar-refractivity contribution is 6.74. The highest BCUT2D eigenvalue weighted by Crippen LogP contribution is 2.67. The van der Waals surface area contributed by atoms with Crippen LogP contribution in [0.1, 0.15) is 92.9 Å². The van der Waals surface area contributed by atoms with Crippen LogP contribution in [-0.4, -0.2) is 14.4 Å². The molecular formula is C28H48OSi. The minimum Gasteiger partial charge on any atom is -0.414 e. The molecule has 1 nitrogen and oxygen atoms in total. The van der Waals surface area contributed by atoms with E-state index in [9.17, 15) is 0 Å². The normalized spacial score (nSPS) is 44.0. The first kappa shape index (κ1) is 22.8. The summed E-state index contributed by atoms with van der Waals surface area (Å²) in [6.07, 6.45) is 13.9. The van der Waals surface area contributed by atoms with E-state index in [0.29, 0.717) is 22.0 Å². The van der Waals surface area contributed by atoms with Crippen LogP contribution in [0, 0.1) is 34.5 Å². The van der Waals surface area contributed by atoms with E-state index >= 15 is 0 Å². The van der Waals surface area contributed by atoms with Crippen molar-refractivity contribution in [3.63, 3.8) is 0 Å². The second kappa shape index (κ2) is 7.34. The summed E-state index contributed by atoms with van der Waals surface area (Å²) in [7, 11) is -1.69. The maximum Gasteiger partial charge on any atom is 0.192 e. The van der Waals surface area contributed by atoms with Crippen LogP contribution in [0.4, 0.5) is 0 Å². The zero-order valence-corrected chi connectivity index (χ0v) is 22.2. The summed E-state index contributed by atoms with van der Waals surface area (Å²) in [4.78, 5) is 0. The van der Waals surface area contributed by atoms with Gasteiger partial charge in [-0.1, -0.05) is 58.4 Å². The van der Waals surface area contributed by atoms with E-state index in [1.165, 1.54) is 56.9 Å². The van der Waals surface area contributed by atoms with Crippen LogP contribution in [0.25, 0.3) is 0 Å². The van der Waals surface area contributed by atoms with Gasteiger partial charge < -0.3 is 4.43 Å². The molecule has 0 aromatic carbocycles. The third kappa shape index (κ3) is 3.43. The van der Waals surface area contributed by atoms with Crippen molar-refractivity contribution in [2.24, 2.45) is 34.5 Å². The summed E-state index contributed by atoms with van der Waals surface area (Å²) in [5.41, 5.74) is 4.15. The molecule has 1 unspecified atom stereocenters. The molecule has 0 N–H and O–H groups in total. The SMILES string of the molecule is C=C(C)[C@H]1CC[C@H]2[C@@H]3CC=C4CC(O[Si](C)(C)C(C)(C)C)CC[C@]4(C)[C@H]3CC[C@]12C. The molecule has 170 valence electrons. The van der Waals surface area contributed by atoms with Crippen LogP contribution >= 0.6 is 0 Å². The molecule has 4 aliphatic rings. The number of allylic oxidation sites excluding steroid dienone is 2. The fourth-order valence-electron chi connectivity index (χ4n) is 8.13. The lowest BCUT2D eigenvalue weighted by atomic mass is 9.47. The van der Waals surface area contributed by atoms with Gasteiger partial charge in [0.15, 0.2) is 8.32 Å². The van der Waals surface area contributed by atoms with Gasteiger partial charge in [0.25, 0.3) is 0 Å². The molecule has 4 aliphatic carbocycles. The number of hydrogen-bond donors (Lipinski definition) is 0. The molecule has 4 rings (SSSR count). The van der Waals surface area contributed by atoms with Gasteiger partial charge in [-0.3, -0.25) is 0 Å². The Kier molecular flexibility index (Phi) is 5.59. The highest BCUT2D eigenvalue weighted by Gasteiger charge is 2.58. The van der Waals surface area contributed by atoms with Gasteiger partial charge in [-0.15, -0.1) is 0 Å². The van der Waals surface area contributed by atoms with Gasteiger partial charge in [0, 0.05) is 6.10 Å². The summed E-state index contributed by atoms with van der Waals surface area (Å²) in [5.74, 6) is 3.47. The van der Waals surface area contributed by atoms with Gasteiger partial charge in [-0.25, -0.2) is 0 Å². The fourth-order valence-corrected chi connectivity index (χ4v) is 9.52. The van der Waals surface area contributed by atoms with E-state index in [0.717, 1.165) is 23.7 Å².